The number of aromatic nitrogens is 7. The highest BCUT2D eigenvalue weighted by molar-refractivity contribution is 7.08. The molecule has 0 aromatic carbocycles. The molecule has 9 nitrogen and oxygen atoms in total. The van der Waals surface area contributed by atoms with Crippen molar-refractivity contribution >= 4 is 45.0 Å². The number of anilines is 1. The molecule has 0 fully saturated rings. The van der Waals surface area contributed by atoms with E-state index in [-0.39, 0.29) is 11.8 Å². The summed E-state index contributed by atoms with van der Waals surface area (Å²) in [6, 6.07) is 5.94. The van der Waals surface area contributed by atoms with Crippen molar-refractivity contribution in [2.75, 3.05) is 5.32 Å². The highest BCUT2D eigenvalue weighted by Gasteiger charge is 2.17. The van der Waals surface area contributed by atoms with Crippen molar-refractivity contribution < 1.29 is 4.79 Å². The number of nitrogens with one attached hydrogen (secondary N) is 3. The summed E-state index contributed by atoms with van der Waals surface area (Å²) in [4.78, 5) is 33.5. The SMILES string of the molecule is CC(C)C(=O)Nc1cncc(-c2cnc3[nH]nc(-c4nc5c(-c6ccsc6)cncc5[nH]4)c3c2)c1. The molecule has 6 aromatic rings. The Bertz CT molecular complexity index is 1680. The molecule has 6 rings (SSSR count). The van der Waals surface area contributed by atoms with Crippen LogP contribution in [-0.4, -0.2) is 41.0 Å². The van der Waals surface area contributed by atoms with Crippen molar-refractivity contribution in [1.29, 1.82) is 0 Å². The number of carbonyl (C=O) groups is 1. The summed E-state index contributed by atoms with van der Waals surface area (Å²) in [7, 11) is 0. The van der Waals surface area contributed by atoms with Gasteiger partial charge in [0.25, 0.3) is 0 Å². The largest absolute Gasteiger partial charge is 0.335 e. The molecule has 6 heterocycles. The van der Waals surface area contributed by atoms with Crippen LogP contribution in [0, 0.1) is 5.92 Å². The molecule has 0 atom stereocenters. The second-order valence-corrected chi connectivity index (χ2v) is 9.26. The zero-order valence-corrected chi connectivity index (χ0v) is 19.7. The van der Waals surface area contributed by atoms with E-state index in [1.54, 1.807) is 36.1 Å². The van der Waals surface area contributed by atoms with Gasteiger partial charge >= 0.3 is 0 Å². The van der Waals surface area contributed by atoms with Crippen molar-refractivity contribution in [2.24, 2.45) is 5.92 Å². The Morgan fingerprint density at radius 2 is 1.89 bits per heavy atom. The van der Waals surface area contributed by atoms with Gasteiger partial charge in [0.05, 0.1) is 29.0 Å². The maximum absolute atomic E-state index is 12.1. The van der Waals surface area contributed by atoms with E-state index in [1.807, 2.05) is 37.6 Å². The number of pyridine rings is 3. The van der Waals surface area contributed by atoms with Gasteiger partial charge in [-0.15, -0.1) is 0 Å². The molecule has 0 aliphatic rings. The summed E-state index contributed by atoms with van der Waals surface area (Å²) in [6.07, 6.45) is 8.73. The Labute approximate surface area is 203 Å². The third-order valence-electron chi connectivity index (χ3n) is 5.73. The van der Waals surface area contributed by atoms with Crippen LogP contribution in [0.1, 0.15) is 13.8 Å². The average Bonchev–Trinajstić information content (AvgIpc) is 3.62. The number of hydrogen-bond donors (Lipinski definition) is 3. The summed E-state index contributed by atoms with van der Waals surface area (Å²) >= 11 is 1.63. The van der Waals surface area contributed by atoms with Gasteiger partial charge in [-0.25, -0.2) is 9.97 Å². The fraction of sp³-hybridized carbons (Fsp3) is 0.120. The van der Waals surface area contributed by atoms with E-state index in [0.717, 1.165) is 38.7 Å². The van der Waals surface area contributed by atoms with Gasteiger partial charge in [-0.3, -0.25) is 19.9 Å². The Kier molecular flexibility index (Phi) is 5.07. The molecule has 10 heteroatoms. The molecule has 0 spiro atoms. The Morgan fingerprint density at radius 3 is 2.71 bits per heavy atom. The number of fused-ring (bicyclic) bond motifs is 2. The molecule has 0 bridgehead atoms. The van der Waals surface area contributed by atoms with Crippen LogP contribution < -0.4 is 5.32 Å². The lowest BCUT2D eigenvalue weighted by Crippen LogP contribution is -2.17. The maximum Gasteiger partial charge on any atom is 0.226 e. The standard InChI is InChI=1S/C25H20N8OS/c1-13(2)25(34)29-17-5-15(7-26-9-17)16-6-18-22(32-33-23(18)28-8-16)24-30-20-11-27-10-19(21(20)31-24)14-3-4-35-12-14/h3-13H,1-2H3,(H,29,34)(H,30,31)(H,28,32,33). The number of rotatable bonds is 5. The fourth-order valence-corrected chi connectivity index (χ4v) is 4.52. The first-order chi connectivity index (χ1) is 17.1. The summed E-state index contributed by atoms with van der Waals surface area (Å²) in [5, 5.41) is 15.3. The quantitative estimate of drug-likeness (QED) is 0.308. The Balaban J connectivity index is 1.41. The second-order valence-electron chi connectivity index (χ2n) is 8.48. The lowest BCUT2D eigenvalue weighted by atomic mass is 10.1. The average molecular weight is 481 g/mol. The van der Waals surface area contributed by atoms with Crippen LogP contribution in [0.3, 0.4) is 0 Å². The topological polar surface area (TPSA) is 125 Å². The van der Waals surface area contributed by atoms with E-state index in [4.69, 9.17) is 4.98 Å². The van der Waals surface area contributed by atoms with Crippen LogP contribution in [0.15, 0.2) is 59.9 Å². The number of carbonyl (C=O) groups excluding carboxylic acids is 1. The van der Waals surface area contributed by atoms with Crippen LogP contribution in [0.4, 0.5) is 5.69 Å². The molecule has 172 valence electrons. The number of H-pyrrole nitrogens is 2. The Hall–Kier alpha value is -4.44. The molecule has 0 radical (unpaired) electrons. The van der Waals surface area contributed by atoms with Gasteiger partial charge in [-0.2, -0.15) is 16.4 Å². The van der Waals surface area contributed by atoms with Crippen LogP contribution in [0.2, 0.25) is 0 Å². The van der Waals surface area contributed by atoms with Crippen LogP contribution >= 0.6 is 11.3 Å². The van der Waals surface area contributed by atoms with Crippen LogP contribution in [0.5, 0.6) is 0 Å². The predicted octanol–water partition coefficient (Wildman–Crippen LogP) is 5.28. The van der Waals surface area contributed by atoms with Gasteiger partial charge < -0.3 is 10.3 Å². The van der Waals surface area contributed by atoms with Gasteiger partial charge in [-0.05, 0) is 34.5 Å². The minimum Gasteiger partial charge on any atom is -0.335 e. The lowest BCUT2D eigenvalue weighted by molar-refractivity contribution is -0.118. The van der Waals surface area contributed by atoms with Crippen molar-refractivity contribution in [1.82, 2.24) is 35.1 Å². The number of nitrogens with zero attached hydrogens (tertiary/aromatic N) is 5. The van der Waals surface area contributed by atoms with Crippen LogP contribution in [-0.2, 0) is 4.79 Å². The maximum atomic E-state index is 12.1. The highest BCUT2D eigenvalue weighted by atomic mass is 32.1. The van der Waals surface area contributed by atoms with Gasteiger partial charge in [-0.1, -0.05) is 13.8 Å². The minimum absolute atomic E-state index is 0.0594. The van der Waals surface area contributed by atoms with E-state index in [0.29, 0.717) is 22.9 Å². The summed E-state index contributed by atoms with van der Waals surface area (Å²) in [5.41, 5.74) is 7.37. The first kappa shape index (κ1) is 21.1. The third-order valence-corrected chi connectivity index (χ3v) is 6.41. The molecule has 0 saturated carbocycles. The van der Waals surface area contributed by atoms with E-state index in [9.17, 15) is 4.79 Å². The molecule has 35 heavy (non-hydrogen) atoms. The van der Waals surface area contributed by atoms with Gasteiger partial charge in [0.1, 0.15) is 11.2 Å². The zero-order chi connectivity index (χ0) is 23.9. The van der Waals surface area contributed by atoms with Gasteiger partial charge in [0.2, 0.25) is 5.91 Å². The summed E-state index contributed by atoms with van der Waals surface area (Å²) in [5.74, 6) is 0.450. The fourth-order valence-electron chi connectivity index (χ4n) is 3.87. The third kappa shape index (κ3) is 3.83. The number of amides is 1. The number of aromatic amines is 2. The van der Waals surface area contributed by atoms with E-state index in [2.05, 4.69) is 46.9 Å². The van der Waals surface area contributed by atoms with Crippen LogP contribution in [0.25, 0.3) is 55.8 Å². The number of thiophene rings is 1. The second kappa shape index (κ2) is 8.41. The lowest BCUT2D eigenvalue weighted by Gasteiger charge is -2.09. The predicted molar refractivity (Wildman–Crippen MR) is 137 cm³/mol. The van der Waals surface area contributed by atoms with E-state index < -0.39 is 0 Å². The highest BCUT2D eigenvalue weighted by Crippen LogP contribution is 2.32. The molecule has 6 aromatic heterocycles. The minimum atomic E-state index is -0.121. The molecule has 0 aliphatic carbocycles. The van der Waals surface area contributed by atoms with Crippen molar-refractivity contribution in [3.8, 4) is 33.8 Å². The molecule has 0 unspecified atom stereocenters. The van der Waals surface area contributed by atoms with Gasteiger partial charge in [0.15, 0.2) is 11.5 Å². The van der Waals surface area contributed by atoms with Crippen molar-refractivity contribution in [2.45, 2.75) is 13.8 Å². The van der Waals surface area contributed by atoms with Crippen molar-refractivity contribution in [3.05, 3.63) is 59.9 Å². The summed E-state index contributed by atoms with van der Waals surface area (Å²) in [6.45, 7) is 3.70. The van der Waals surface area contributed by atoms with E-state index >= 15 is 0 Å². The van der Waals surface area contributed by atoms with Crippen molar-refractivity contribution in [3.63, 3.8) is 0 Å². The Morgan fingerprint density at radius 1 is 1.03 bits per heavy atom. The normalized spacial score (nSPS) is 11.5. The smallest absolute Gasteiger partial charge is 0.226 e. The molecule has 0 saturated heterocycles. The molecule has 1 amide bonds. The first-order valence-corrected chi connectivity index (χ1v) is 12.0. The molecular weight excluding hydrogens is 460 g/mol. The molecule has 3 N–H and O–H groups in total. The first-order valence-electron chi connectivity index (χ1n) is 11.0. The van der Waals surface area contributed by atoms with Gasteiger partial charge in [0, 0.05) is 41.2 Å². The molecule has 0 aliphatic heterocycles. The summed E-state index contributed by atoms with van der Waals surface area (Å²) < 4.78 is 0. The number of hydrogen-bond acceptors (Lipinski definition) is 7. The van der Waals surface area contributed by atoms with E-state index in [1.165, 1.54) is 0 Å². The zero-order valence-electron chi connectivity index (χ0n) is 18.9. The number of imidazole rings is 1. The molecular formula is C25H20N8OS. The monoisotopic (exact) mass is 480 g/mol.